The fraction of sp³-hybridized carbons (Fsp3) is 0.643. The van der Waals surface area contributed by atoms with Crippen LogP contribution in [0.15, 0.2) is 18.2 Å². The van der Waals surface area contributed by atoms with Gasteiger partial charge in [-0.2, -0.15) is 4.98 Å². The minimum Gasteiger partial charge on any atom is -0.478 e. The van der Waals surface area contributed by atoms with E-state index in [0.717, 1.165) is 24.5 Å². The van der Waals surface area contributed by atoms with Gasteiger partial charge in [-0.25, -0.2) is 0 Å². The molecular formula is C14H19ClN2O. The molecular weight excluding hydrogens is 248 g/mol. The fourth-order valence-electron chi connectivity index (χ4n) is 3.26. The molecule has 3 rings (SSSR count). The van der Waals surface area contributed by atoms with Crippen molar-refractivity contribution in [1.29, 1.82) is 0 Å². The Morgan fingerprint density at radius 1 is 1.33 bits per heavy atom. The fourth-order valence-corrected chi connectivity index (χ4v) is 3.67. The Balaban J connectivity index is 1.84. The summed E-state index contributed by atoms with van der Waals surface area (Å²) < 4.78 is 5.49. The number of halogens is 1. The number of fused-ring (bicyclic) bond motifs is 2. The number of anilines is 1. The average Bonchev–Trinajstić information content (AvgIpc) is 2.63. The molecule has 0 saturated carbocycles. The third-order valence-electron chi connectivity index (χ3n) is 3.94. The van der Waals surface area contributed by atoms with Crippen LogP contribution >= 0.6 is 11.6 Å². The lowest BCUT2D eigenvalue weighted by Crippen LogP contribution is -2.43. The first-order valence-electron chi connectivity index (χ1n) is 6.80. The van der Waals surface area contributed by atoms with Crippen molar-refractivity contribution in [3.05, 3.63) is 18.2 Å². The van der Waals surface area contributed by atoms with Crippen LogP contribution in [0.2, 0.25) is 0 Å². The molecule has 3 nitrogen and oxygen atoms in total. The minimum atomic E-state index is 0.342. The molecule has 98 valence electrons. The van der Waals surface area contributed by atoms with Gasteiger partial charge in [0.15, 0.2) is 0 Å². The molecule has 2 fully saturated rings. The molecule has 0 aliphatic carbocycles. The predicted octanol–water partition coefficient (Wildman–Crippen LogP) is 3.22. The Bertz CT molecular complexity index is 412. The van der Waals surface area contributed by atoms with Crippen molar-refractivity contribution < 1.29 is 4.74 Å². The van der Waals surface area contributed by atoms with E-state index in [9.17, 15) is 0 Å². The number of pyridine rings is 1. The van der Waals surface area contributed by atoms with Gasteiger partial charge in [0.25, 0.3) is 0 Å². The summed E-state index contributed by atoms with van der Waals surface area (Å²) >= 11 is 6.31. The maximum atomic E-state index is 6.31. The molecule has 18 heavy (non-hydrogen) atoms. The van der Waals surface area contributed by atoms with Crippen LogP contribution < -0.4 is 9.64 Å². The molecule has 2 aliphatic heterocycles. The van der Waals surface area contributed by atoms with E-state index in [1.807, 2.05) is 19.1 Å². The predicted molar refractivity (Wildman–Crippen MR) is 73.6 cm³/mol. The maximum absolute atomic E-state index is 6.31. The van der Waals surface area contributed by atoms with Crippen LogP contribution in [0.1, 0.15) is 32.6 Å². The van der Waals surface area contributed by atoms with E-state index in [0.29, 0.717) is 24.1 Å². The molecule has 1 aromatic rings. The highest BCUT2D eigenvalue weighted by Gasteiger charge is 2.40. The van der Waals surface area contributed by atoms with Gasteiger partial charge in [0.05, 0.1) is 6.61 Å². The molecule has 0 radical (unpaired) electrons. The molecule has 3 heterocycles. The number of hydrogen-bond donors (Lipinski definition) is 0. The summed E-state index contributed by atoms with van der Waals surface area (Å²) in [6.07, 6.45) is 4.65. The summed E-state index contributed by atoms with van der Waals surface area (Å²) in [6.45, 7) is 2.64. The molecule has 1 aromatic heterocycles. The third kappa shape index (κ3) is 2.16. The molecule has 0 aromatic carbocycles. The van der Waals surface area contributed by atoms with Crippen LogP contribution in [0.25, 0.3) is 0 Å². The Morgan fingerprint density at radius 3 is 2.72 bits per heavy atom. The lowest BCUT2D eigenvalue weighted by Gasteiger charge is -2.38. The first-order valence-corrected chi connectivity index (χ1v) is 7.24. The quantitative estimate of drug-likeness (QED) is 0.786. The van der Waals surface area contributed by atoms with Crippen molar-refractivity contribution in [2.24, 2.45) is 0 Å². The smallest absolute Gasteiger partial charge is 0.215 e. The summed E-state index contributed by atoms with van der Waals surface area (Å²) in [5, 5.41) is 0.342. The Labute approximate surface area is 113 Å². The number of aromatic nitrogens is 1. The number of alkyl halides is 1. The van der Waals surface area contributed by atoms with Crippen molar-refractivity contribution in [2.75, 3.05) is 11.5 Å². The lowest BCUT2D eigenvalue weighted by molar-refractivity contribution is 0.326. The van der Waals surface area contributed by atoms with Crippen LogP contribution in [0.4, 0.5) is 5.82 Å². The maximum Gasteiger partial charge on any atom is 0.215 e. The van der Waals surface area contributed by atoms with E-state index in [4.69, 9.17) is 16.3 Å². The normalized spacial score (nSPS) is 30.6. The van der Waals surface area contributed by atoms with Gasteiger partial charge in [-0.05, 0) is 38.7 Å². The first kappa shape index (κ1) is 12.1. The molecule has 0 N–H and O–H groups in total. The molecule has 2 unspecified atom stereocenters. The second-order valence-electron chi connectivity index (χ2n) is 5.13. The van der Waals surface area contributed by atoms with Crippen molar-refractivity contribution in [2.45, 2.75) is 50.1 Å². The van der Waals surface area contributed by atoms with Gasteiger partial charge in [-0.3, -0.25) is 0 Å². The monoisotopic (exact) mass is 266 g/mol. The molecule has 0 spiro atoms. The van der Waals surface area contributed by atoms with Gasteiger partial charge in [0.2, 0.25) is 5.88 Å². The van der Waals surface area contributed by atoms with E-state index in [1.165, 1.54) is 12.8 Å². The molecule has 0 amide bonds. The van der Waals surface area contributed by atoms with E-state index >= 15 is 0 Å². The summed E-state index contributed by atoms with van der Waals surface area (Å²) in [5.74, 6) is 1.78. The van der Waals surface area contributed by atoms with Crippen molar-refractivity contribution in [3.8, 4) is 5.88 Å². The zero-order chi connectivity index (χ0) is 12.5. The third-order valence-corrected chi connectivity index (χ3v) is 4.30. The Morgan fingerprint density at radius 2 is 2.06 bits per heavy atom. The summed E-state index contributed by atoms with van der Waals surface area (Å²) in [7, 11) is 0. The minimum absolute atomic E-state index is 0.342. The van der Waals surface area contributed by atoms with E-state index in [-0.39, 0.29) is 0 Å². The highest BCUT2D eigenvalue weighted by atomic mass is 35.5. The molecule has 2 bridgehead atoms. The zero-order valence-electron chi connectivity index (χ0n) is 10.7. The second kappa shape index (κ2) is 4.96. The first-order chi connectivity index (χ1) is 8.78. The van der Waals surface area contributed by atoms with Crippen LogP contribution in [0.3, 0.4) is 0 Å². The number of nitrogens with zero attached hydrogens (tertiary/aromatic N) is 2. The zero-order valence-corrected chi connectivity index (χ0v) is 11.4. The highest BCUT2D eigenvalue weighted by molar-refractivity contribution is 6.20. The lowest BCUT2D eigenvalue weighted by atomic mass is 10.0. The van der Waals surface area contributed by atoms with E-state index < -0.39 is 0 Å². The van der Waals surface area contributed by atoms with Crippen LogP contribution in [-0.2, 0) is 0 Å². The molecule has 2 atom stereocenters. The van der Waals surface area contributed by atoms with Gasteiger partial charge < -0.3 is 9.64 Å². The van der Waals surface area contributed by atoms with Gasteiger partial charge in [0, 0.05) is 23.5 Å². The number of piperidine rings is 1. The molecule has 2 aliphatic rings. The van der Waals surface area contributed by atoms with Crippen LogP contribution in [0.5, 0.6) is 5.88 Å². The SMILES string of the molecule is CCOc1cccc(N2C3CCC2CC(Cl)C3)n1. The highest BCUT2D eigenvalue weighted by Crippen LogP contribution is 2.40. The second-order valence-corrected chi connectivity index (χ2v) is 5.75. The summed E-state index contributed by atoms with van der Waals surface area (Å²) in [4.78, 5) is 7.07. The number of ether oxygens (including phenoxy) is 1. The van der Waals surface area contributed by atoms with E-state index in [2.05, 4.69) is 16.0 Å². The Kier molecular flexibility index (Phi) is 3.33. The van der Waals surface area contributed by atoms with Crippen molar-refractivity contribution in [1.82, 2.24) is 4.98 Å². The summed E-state index contributed by atoms with van der Waals surface area (Å²) in [6, 6.07) is 7.16. The largest absolute Gasteiger partial charge is 0.478 e. The van der Waals surface area contributed by atoms with Crippen LogP contribution in [-0.4, -0.2) is 29.1 Å². The number of rotatable bonds is 3. The van der Waals surface area contributed by atoms with E-state index in [1.54, 1.807) is 0 Å². The average molecular weight is 267 g/mol. The van der Waals surface area contributed by atoms with Gasteiger partial charge in [-0.1, -0.05) is 6.07 Å². The topological polar surface area (TPSA) is 25.4 Å². The summed E-state index contributed by atoms with van der Waals surface area (Å²) in [5.41, 5.74) is 0. The van der Waals surface area contributed by atoms with Crippen molar-refractivity contribution >= 4 is 17.4 Å². The van der Waals surface area contributed by atoms with Crippen LogP contribution in [0, 0.1) is 0 Å². The Hall–Kier alpha value is -0.960. The number of hydrogen-bond acceptors (Lipinski definition) is 3. The van der Waals surface area contributed by atoms with Gasteiger partial charge in [-0.15, -0.1) is 11.6 Å². The van der Waals surface area contributed by atoms with Crippen molar-refractivity contribution in [3.63, 3.8) is 0 Å². The molecule has 4 heteroatoms. The standard InChI is InChI=1S/C14H19ClN2O/c1-2-18-14-5-3-4-13(16-14)17-11-6-7-12(17)9-10(15)8-11/h3-5,10-12H,2,6-9H2,1H3. The molecule has 2 saturated heterocycles. The van der Waals surface area contributed by atoms with Gasteiger partial charge in [0.1, 0.15) is 5.82 Å². The van der Waals surface area contributed by atoms with Gasteiger partial charge >= 0.3 is 0 Å².